The number of fused-ring (bicyclic) bond motifs is 2. The molecule has 0 atom stereocenters. The molecule has 258 valence electrons. The van der Waals surface area contributed by atoms with Crippen LogP contribution in [0.25, 0.3) is 16.6 Å². The molecule has 1 fully saturated rings. The van der Waals surface area contributed by atoms with Crippen LogP contribution in [0, 0.1) is 11.6 Å². The molecule has 7 rings (SSSR count). The highest BCUT2D eigenvalue weighted by Gasteiger charge is 2.29. The second kappa shape index (κ2) is 13.8. The maximum atomic E-state index is 15.5. The molecule has 0 bridgehead atoms. The number of aromatic nitrogens is 2. The summed E-state index contributed by atoms with van der Waals surface area (Å²) in [6.45, 7) is 3.56. The van der Waals surface area contributed by atoms with Crippen molar-refractivity contribution in [2.75, 3.05) is 59.4 Å². The summed E-state index contributed by atoms with van der Waals surface area (Å²) in [5, 5.41) is 3.19. The van der Waals surface area contributed by atoms with Gasteiger partial charge in [-0.1, -0.05) is 0 Å². The fraction of sp³-hybridized carbons (Fsp3) is 0.270. The molecule has 1 saturated heterocycles. The Hall–Kier alpha value is -5.53. The van der Waals surface area contributed by atoms with Crippen LogP contribution in [0.5, 0.6) is 28.7 Å². The van der Waals surface area contributed by atoms with Gasteiger partial charge in [0, 0.05) is 78.9 Å². The number of benzene rings is 3. The van der Waals surface area contributed by atoms with Crippen LogP contribution in [-0.2, 0) is 6.42 Å². The van der Waals surface area contributed by atoms with Crippen molar-refractivity contribution in [3.05, 3.63) is 106 Å². The van der Waals surface area contributed by atoms with Gasteiger partial charge in [0.05, 0.1) is 19.2 Å². The minimum absolute atomic E-state index is 0.0945. The molecular formula is C37H35F2N5O6. The van der Waals surface area contributed by atoms with Gasteiger partial charge in [0.25, 0.3) is 11.5 Å². The molecule has 1 amide bonds. The Morgan fingerprint density at radius 3 is 2.56 bits per heavy atom. The highest BCUT2D eigenvalue weighted by atomic mass is 19.1. The van der Waals surface area contributed by atoms with Crippen molar-refractivity contribution in [1.82, 2.24) is 19.4 Å². The Balaban J connectivity index is 1.07. The van der Waals surface area contributed by atoms with Gasteiger partial charge in [0.1, 0.15) is 29.5 Å². The molecular weight excluding hydrogens is 648 g/mol. The van der Waals surface area contributed by atoms with Crippen LogP contribution in [0.1, 0.15) is 15.9 Å². The highest BCUT2D eigenvalue weighted by Crippen LogP contribution is 2.38. The third kappa shape index (κ3) is 6.57. The Morgan fingerprint density at radius 1 is 1.02 bits per heavy atom. The van der Waals surface area contributed by atoms with E-state index in [1.54, 1.807) is 37.7 Å². The Bertz CT molecular complexity index is 2130. The molecule has 0 saturated carbocycles. The Labute approximate surface area is 286 Å². The van der Waals surface area contributed by atoms with E-state index in [0.717, 1.165) is 25.7 Å². The van der Waals surface area contributed by atoms with Crippen molar-refractivity contribution in [3.8, 4) is 34.4 Å². The van der Waals surface area contributed by atoms with E-state index in [2.05, 4.69) is 34.2 Å². The van der Waals surface area contributed by atoms with Gasteiger partial charge in [-0.3, -0.25) is 24.0 Å². The topological polar surface area (TPSA) is 107 Å². The predicted molar refractivity (Wildman–Crippen MR) is 183 cm³/mol. The summed E-state index contributed by atoms with van der Waals surface area (Å²) in [5.41, 5.74) is 0.823. The predicted octanol–water partition coefficient (Wildman–Crippen LogP) is 5.28. The van der Waals surface area contributed by atoms with Gasteiger partial charge in [0.2, 0.25) is 0 Å². The zero-order valence-electron chi connectivity index (χ0n) is 27.7. The smallest absolute Gasteiger partial charge is 0.271 e. The first-order valence-electron chi connectivity index (χ1n) is 16.1. The summed E-state index contributed by atoms with van der Waals surface area (Å²) < 4.78 is 53.6. The van der Waals surface area contributed by atoms with Crippen molar-refractivity contribution in [3.63, 3.8) is 0 Å². The molecule has 0 aliphatic carbocycles. The number of nitrogens with zero attached hydrogens (tertiary/aromatic N) is 4. The summed E-state index contributed by atoms with van der Waals surface area (Å²) in [6, 6.07) is 15.0. The number of anilines is 1. The fourth-order valence-electron chi connectivity index (χ4n) is 6.05. The number of amides is 1. The molecule has 0 unspecified atom stereocenters. The summed E-state index contributed by atoms with van der Waals surface area (Å²) in [7, 11) is 5.71. The van der Waals surface area contributed by atoms with Crippen LogP contribution in [0.2, 0.25) is 0 Å². The van der Waals surface area contributed by atoms with Gasteiger partial charge in [-0.15, -0.1) is 0 Å². The van der Waals surface area contributed by atoms with Crippen LogP contribution in [0.3, 0.4) is 0 Å². The molecule has 0 spiro atoms. The van der Waals surface area contributed by atoms with Crippen molar-refractivity contribution in [2.24, 2.45) is 0 Å². The average Bonchev–Trinajstić information content (AvgIpc) is 3.54. The van der Waals surface area contributed by atoms with Crippen molar-refractivity contribution in [2.45, 2.75) is 12.5 Å². The lowest BCUT2D eigenvalue weighted by Gasteiger charge is -2.42. The maximum Gasteiger partial charge on any atom is 0.271 e. The fourth-order valence-corrected chi connectivity index (χ4v) is 6.05. The number of carbonyl (C=O) groups is 1. The van der Waals surface area contributed by atoms with Crippen LogP contribution >= 0.6 is 0 Å². The van der Waals surface area contributed by atoms with Crippen LogP contribution < -0.4 is 29.8 Å². The van der Waals surface area contributed by atoms with Crippen molar-refractivity contribution < 1.29 is 32.5 Å². The van der Waals surface area contributed by atoms with Crippen LogP contribution in [-0.4, -0.2) is 85.4 Å². The zero-order valence-corrected chi connectivity index (χ0v) is 27.7. The van der Waals surface area contributed by atoms with Gasteiger partial charge < -0.3 is 29.2 Å². The maximum absolute atomic E-state index is 15.5. The highest BCUT2D eigenvalue weighted by molar-refractivity contribution is 6.06. The van der Waals surface area contributed by atoms with Crippen LogP contribution in [0.4, 0.5) is 14.5 Å². The second-order valence-corrected chi connectivity index (χ2v) is 12.4. The SMILES string of the molecule is COc1cc2c(Oc3ccc(NC(=O)c4c5c(cn(-c6ccc(F)cc6)c4=O)CCO5)cc3F)ccnc2cc1OCCN1CC(N(C)C)C1. The molecule has 50 heavy (non-hydrogen) atoms. The van der Waals surface area contributed by atoms with Gasteiger partial charge in [-0.05, 0) is 62.6 Å². The van der Waals surface area contributed by atoms with Gasteiger partial charge in [-0.2, -0.15) is 0 Å². The zero-order chi connectivity index (χ0) is 34.9. The molecule has 4 heterocycles. The van der Waals surface area contributed by atoms with E-state index in [4.69, 9.17) is 18.9 Å². The molecule has 2 aliphatic rings. The number of pyridine rings is 2. The first kappa shape index (κ1) is 33.0. The standard InChI is InChI=1S/C37H35F2N5O6/c1-42(2)26-20-43(21-26)13-15-48-33-18-29-27(17-32(33)47-3)30(10-12-40-29)50-31-9-6-24(16-28(31)39)41-36(45)34-35-22(11-14-49-35)19-44(37(34)46)25-7-4-23(38)5-8-25/h4-10,12,16-19,26H,11,13-15,20-21H2,1-3H3,(H,41,45). The van der Waals surface area contributed by atoms with Crippen LogP contribution in [0.15, 0.2) is 77.9 Å². The third-order valence-corrected chi connectivity index (χ3v) is 8.92. The van der Waals surface area contributed by atoms with Gasteiger partial charge in [-0.25, -0.2) is 8.78 Å². The summed E-state index contributed by atoms with van der Waals surface area (Å²) in [6.07, 6.45) is 3.63. The lowest BCUT2D eigenvalue weighted by molar-refractivity contribution is 0.0522. The number of halogens is 2. The molecule has 11 nitrogen and oxygen atoms in total. The molecule has 5 aromatic rings. The van der Waals surface area contributed by atoms with Gasteiger partial charge in [0.15, 0.2) is 23.1 Å². The normalized spacial score (nSPS) is 14.3. The number of hydrogen-bond donors (Lipinski definition) is 1. The largest absolute Gasteiger partial charge is 0.493 e. The van der Waals surface area contributed by atoms with Gasteiger partial charge >= 0.3 is 0 Å². The average molecular weight is 684 g/mol. The molecule has 0 radical (unpaired) electrons. The van der Waals surface area contributed by atoms with E-state index in [1.165, 1.54) is 41.0 Å². The molecule has 13 heteroatoms. The van der Waals surface area contributed by atoms with E-state index in [9.17, 15) is 14.0 Å². The Morgan fingerprint density at radius 2 is 1.82 bits per heavy atom. The minimum Gasteiger partial charge on any atom is -0.493 e. The molecule has 1 N–H and O–H groups in total. The summed E-state index contributed by atoms with van der Waals surface area (Å²) in [4.78, 5) is 35.9. The number of ether oxygens (including phenoxy) is 4. The Kier molecular flexibility index (Phi) is 9.08. The van der Waals surface area contributed by atoms with Crippen molar-refractivity contribution >= 4 is 22.5 Å². The molecule has 2 aliphatic heterocycles. The van der Waals surface area contributed by atoms with Crippen molar-refractivity contribution in [1.29, 1.82) is 0 Å². The van der Waals surface area contributed by atoms with E-state index >= 15 is 4.39 Å². The lowest BCUT2D eigenvalue weighted by atomic mass is 10.1. The van der Waals surface area contributed by atoms with E-state index in [1.807, 2.05) is 0 Å². The first-order chi connectivity index (χ1) is 24.2. The quantitative estimate of drug-likeness (QED) is 0.199. The minimum atomic E-state index is -0.773. The number of rotatable bonds is 11. The van der Waals surface area contributed by atoms with E-state index in [-0.39, 0.29) is 22.7 Å². The molecule has 2 aromatic heterocycles. The lowest BCUT2D eigenvalue weighted by Crippen LogP contribution is -2.57. The number of nitrogens with one attached hydrogen (secondary N) is 1. The third-order valence-electron chi connectivity index (χ3n) is 8.92. The first-order valence-corrected chi connectivity index (χ1v) is 16.1. The summed E-state index contributed by atoms with van der Waals surface area (Å²) in [5.74, 6) is -0.535. The number of likely N-dealkylation sites (tertiary alicyclic amines) is 1. The number of likely N-dealkylation sites (N-methyl/N-ethyl adjacent to an activating group) is 1. The molecule has 3 aromatic carbocycles. The monoisotopic (exact) mass is 683 g/mol. The van der Waals surface area contributed by atoms with E-state index < -0.39 is 23.1 Å². The van der Waals surface area contributed by atoms with E-state index in [0.29, 0.717) is 65.1 Å². The second-order valence-electron chi connectivity index (χ2n) is 12.4. The number of hydrogen-bond acceptors (Lipinski definition) is 9. The number of carbonyl (C=O) groups excluding carboxylic acids is 1. The number of methoxy groups -OCH3 is 1. The summed E-state index contributed by atoms with van der Waals surface area (Å²) >= 11 is 0.